The fourth-order valence-electron chi connectivity index (χ4n) is 4.70. The molecule has 1 aromatic carbocycles. The molecule has 4 aromatic heterocycles. The lowest BCUT2D eigenvalue weighted by molar-refractivity contribution is 0.116. The van der Waals surface area contributed by atoms with Gasteiger partial charge in [-0.3, -0.25) is 9.88 Å². The van der Waals surface area contributed by atoms with Crippen LogP contribution in [0.3, 0.4) is 0 Å². The number of H-pyrrole nitrogens is 1. The number of nitrogens with zero attached hydrogens (tertiary/aromatic N) is 7. The Balaban J connectivity index is 1.13. The maximum atomic E-state index is 12.7. The third-order valence-electron chi connectivity index (χ3n) is 6.90. The number of fused-ring (bicyclic) bond motifs is 1. The Morgan fingerprint density at radius 2 is 1.89 bits per heavy atom. The van der Waals surface area contributed by atoms with Crippen LogP contribution in [-0.4, -0.2) is 53.1 Å². The lowest BCUT2D eigenvalue weighted by Crippen LogP contribution is -2.32. The normalized spacial score (nSPS) is 15.2. The number of hydrogen-bond acceptors (Lipinski definition) is 7. The van der Waals surface area contributed by atoms with Gasteiger partial charge in [0.1, 0.15) is 5.69 Å². The van der Waals surface area contributed by atoms with Gasteiger partial charge in [0.15, 0.2) is 0 Å². The average Bonchev–Trinajstić information content (AvgIpc) is 3.66. The molecule has 5 aromatic rings. The van der Waals surface area contributed by atoms with E-state index < -0.39 is 12.3 Å². The lowest BCUT2D eigenvalue weighted by atomic mass is 9.99. The maximum absolute atomic E-state index is 12.7. The van der Waals surface area contributed by atoms with Crippen molar-refractivity contribution in [1.29, 1.82) is 0 Å². The number of aromatic amines is 1. The van der Waals surface area contributed by atoms with E-state index in [2.05, 4.69) is 66.7 Å². The first kappa shape index (κ1) is 23.4. The van der Waals surface area contributed by atoms with E-state index in [4.69, 9.17) is 4.42 Å². The molecule has 11 heteroatoms. The fourth-order valence-corrected chi connectivity index (χ4v) is 4.70. The Hall–Kier alpha value is -3.99. The van der Waals surface area contributed by atoms with Crippen molar-refractivity contribution >= 4 is 10.9 Å². The number of likely N-dealkylation sites (tertiary alicyclic amines) is 1. The second-order valence-electron chi connectivity index (χ2n) is 9.62. The predicted molar refractivity (Wildman–Crippen MR) is 133 cm³/mol. The largest absolute Gasteiger partial charge is 0.415 e. The summed E-state index contributed by atoms with van der Waals surface area (Å²) in [4.78, 5) is 10.3. The highest BCUT2D eigenvalue weighted by molar-refractivity contribution is 5.87. The molecule has 0 radical (unpaired) electrons. The standard InChI is InChI=1S/C26H26F2N8O/c1-16-6-8-35(9-7-16)13-19-12-30-22-10-17(3-5-21(19)22)23-15-36(34-31-23)14-20-4-2-18(11-29-20)25-32-33-26(37-25)24(27)28/h2-5,10-12,15-16,24,30H,6-9,13-14H2,1H3. The molecule has 0 unspecified atom stereocenters. The van der Waals surface area contributed by atoms with E-state index in [1.807, 2.05) is 6.20 Å². The Bertz CT molecular complexity index is 1500. The summed E-state index contributed by atoms with van der Waals surface area (Å²) >= 11 is 0. The Morgan fingerprint density at radius 3 is 2.65 bits per heavy atom. The number of nitrogens with one attached hydrogen (secondary N) is 1. The van der Waals surface area contributed by atoms with E-state index in [0.29, 0.717) is 12.1 Å². The van der Waals surface area contributed by atoms with Crippen molar-refractivity contribution in [2.75, 3.05) is 13.1 Å². The molecule has 1 N–H and O–H groups in total. The fraction of sp³-hybridized carbons (Fsp3) is 0.346. The minimum Gasteiger partial charge on any atom is -0.415 e. The molecule has 190 valence electrons. The van der Waals surface area contributed by atoms with Gasteiger partial charge in [-0.25, -0.2) is 4.68 Å². The summed E-state index contributed by atoms with van der Waals surface area (Å²) in [6.45, 7) is 6.02. The van der Waals surface area contributed by atoms with Crippen LogP contribution in [0.5, 0.6) is 0 Å². The summed E-state index contributed by atoms with van der Waals surface area (Å²) in [6, 6.07) is 9.80. The molecule has 6 rings (SSSR count). The number of rotatable bonds is 7. The smallest absolute Gasteiger partial charge is 0.314 e. The van der Waals surface area contributed by atoms with Crippen LogP contribution < -0.4 is 0 Å². The van der Waals surface area contributed by atoms with Crippen molar-refractivity contribution in [2.45, 2.75) is 39.3 Å². The number of halogens is 2. The van der Waals surface area contributed by atoms with Crippen LogP contribution >= 0.6 is 0 Å². The third-order valence-corrected chi connectivity index (χ3v) is 6.90. The molecule has 1 fully saturated rings. The van der Waals surface area contributed by atoms with Crippen molar-refractivity contribution < 1.29 is 13.2 Å². The van der Waals surface area contributed by atoms with E-state index in [9.17, 15) is 8.78 Å². The molecule has 1 aliphatic heterocycles. The highest BCUT2D eigenvalue weighted by Gasteiger charge is 2.18. The minimum absolute atomic E-state index is 0.00536. The topological polar surface area (TPSA) is 102 Å². The molecule has 1 saturated heterocycles. The first-order valence-corrected chi connectivity index (χ1v) is 12.3. The van der Waals surface area contributed by atoms with Gasteiger partial charge in [-0.15, -0.1) is 15.3 Å². The van der Waals surface area contributed by atoms with Crippen LogP contribution in [0, 0.1) is 5.92 Å². The molecule has 0 amide bonds. The van der Waals surface area contributed by atoms with E-state index in [1.54, 1.807) is 16.8 Å². The van der Waals surface area contributed by atoms with E-state index in [0.717, 1.165) is 48.0 Å². The highest BCUT2D eigenvalue weighted by atomic mass is 19.3. The van der Waals surface area contributed by atoms with Crippen molar-refractivity contribution in [1.82, 2.24) is 40.1 Å². The van der Waals surface area contributed by atoms with Crippen LogP contribution in [0.4, 0.5) is 8.78 Å². The van der Waals surface area contributed by atoms with Gasteiger partial charge in [-0.05, 0) is 55.6 Å². The highest BCUT2D eigenvalue weighted by Crippen LogP contribution is 2.27. The van der Waals surface area contributed by atoms with Crippen molar-refractivity contribution in [3.8, 4) is 22.7 Å². The van der Waals surface area contributed by atoms with Gasteiger partial charge in [0, 0.05) is 35.4 Å². The summed E-state index contributed by atoms with van der Waals surface area (Å²) in [5.41, 5.74) is 5.35. The van der Waals surface area contributed by atoms with Gasteiger partial charge >= 0.3 is 6.43 Å². The average molecular weight is 505 g/mol. The molecular weight excluding hydrogens is 478 g/mol. The number of hydrogen-bond donors (Lipinski definition) is 1. The molecule has 0 bridgehead atoms. The third kappa shape index (κ3) is 4.99. The molecule has 1 aliphatic rings. The Kier molecular flexibility index (Phi) is 6.21. The van der Waals surface area contributed by atoms with Crippen LogP contribution in [0.15, 0.2) is 53.3 Å². The van der Waals surface area contributed by atoms with Crippen molar-refractivity contribution in [3.05, 3.63) is 66.1 Å². The van der Waals surface area contributed by atoms with Crippen LogP contribution in [-0.2, 0) is 13.1 Å². The number of benzene rings is 1. The van der Waals surface area contributed by atoms with Crippen molar-refractivity contribution in [3.63, 3.8) is 0 Å². The van der Waals surface area contributed by atoms with Gasteiger partial charge in [0.2, 0.25) is 5.89 Å². The number of piperidine rings is 1. The zero-order valence-corrected chi connectivity index (χ0v) is 20.3. The van der Waals surface area contributed by atoms with Crippen LogP contribution in [0.2, 0.25) is 0 Å². The molecule has 0 saturated carbocycles. The Labute approximate surface area is 211 Å². The minimum atomic E-state index is -2.81. The second-order valence-corrected chi connectivity index (χ2v) is 9.62. The van der Waals surface area contributed by atoms with Gasteiger partial charge in [-0.1, -0.05) is 24.3 Å². The number of aromatic nitrogens is 7. The van der Waals surface area contributed by atoms with Crippen molar-refractivity contribution in [2.24, 2.45) is 5.92 Å². The monoisotopic (exact) mass is 504 g/mol. The van der Waals surface area contributed by atoms with Crippen LogP contribution in [0.25, 0.3) is 33.6 Å². The predicted octanol–water partition coefficient (Wildman–Crippen LogP) is 5.09. The molecular formula is C26H26F2N8O. The van der Waals surface area contributed by atoms with E-state index in [1.165, 1.54) is 30.0 Å². The number of pyridine rings is 1. The summed E-state index contributed by atoms with van der Waals surface area (Å²) in [5, 5.41) is 16.8. The van der Waals surface area contributed by atoms with Gasteiger partial charge in [0.05, 0.1) is 24.0 Å². The first-order valence-electron chi connectivity index (χ1n) is 12.3. The zero-order valence-electron chi connectivity index (χ0n) is 20.3. The molecule has 9 nitrogen and oxygen atoms in total. The molecule has 5 heterocycles. The summed E-state index contributed by atoms with van der Waals surface area (Å²) in [5.74, 6) is 0.121. The van der Waals surface area contributed by atoms with Gasteiger partial charge in [-0.2, -0.15) is 8.78 Å². The lowest BCUT2D eigenvalue weighted by Gasteiger charge is -2.29. The van der Waals surface area contributed by atoms with E-state index >= 15 is 0 Å². The quantitative estimate of drug-likeness (QED) is 0.329. The molecule has 0 atom stereocenters. The maximum Gasteiger partial charge on any atom is 0.314 e. The summed E-state index contributed by atoms with van der Waals surface area (Å²) < 4.78 is 32.0. The van der Waals surface area contributed by atoms with E-state index in [-0.39, 0.29) is 5.89 Å². The SMILES string of the molecule is CC1CCN(Cc2c[nH]c3cc(-c4cn(Cc5ccc(-c6nnc(C(F)F)o6)cn5)nn4)ccc23)CC1. The summed E-state index contributed by atoms with van der Waals surface area (Å²) in [6.07, 6.45) is 5.23. The number of alkyl halides is 2. The molecule has 0 aliphatic carbocycles. The zero-order chi connectivity index (χ0) is 25.4. The Morgan fingerprint density at radius 1 is 1.05 bits per heavy atom. The molecule has 37 heavy (non-hydrogen) atoms. The van der Waals surface area contributed by atoms with Gasteiger partial charge < -0.3 is 9.40 Å². The summed E-state index contributed by atoms with van der Waals surface area (Å²) in [7, 11) is 0. The first-order chi connectivity index (χ1) is 18.0. The second kappa shape index (κ2) is 9.81. The molecule has 0 spiro atoms. The van der Waals surface area contributed by atoms with Gasteiger partial charge in [0.25, 0.3) is 5.89 Å². The van der Waals surface area contributed by atoms with Crippen LogP contribution in [0.1, 0.15) is 43.3 Å².